The van der Waals surface area contributed by atoms with Crippen molar-refractivity contribution in [3.8, 4) is 5.75 Å². The Hall–Kier alpha value is -4.04. The molecule has 0 aliphatic heterocycles. The van der Waals surface area contributed by atoms with E-state index in [0.29, 0.717) is 27.9 Å². The second-order valence-corrected chi connectivity index (χ2v) is 9.42. The SMILES string of the molecule is CC(C)Oc1ccc(C(=O)/C(Cc2cccc(N(C)C)c2)=C(/C(=O)O)c2ccc3nsnc3c2)cc1. The maximum absolute atomic E-state index is 13.8. The van der Waals surface area contributed by atoms with Gasteiger partial charge < -0.3 is 14.7 Å². The Bertz CT molecular complexity index is 1440. The maximum atomic E-state index is 13.8. The second-order valence-electron chi connectivity index (χ2n) is 8.89. The quantitative estimate of drug-likeness (QED) is 0.239. The molecule has 0 fully saturated rings. The van der Waals surface area contributed by atoms with E-state index >= 15 is 0 Å². The molecule has 0 aliphatic rings. The average molecular weight is 502 g/mol. The Balaban J connectivity index is 1.85. The fourth-order valence-corrected chi connectivity index (χ4v) is 4.44. The number of Topliss-reactive ketones (excluding diaryl/α,β-unsaturated/α-hetero) is 1. The van der Waals surface area contributed by atoms with Gasteiger partial charge in [0, 0.05) is 37.3 Å². The van der Waals surface area contributed by atoms with Crippen molar-refractivity contribution in [3.63, 3.8) is 0 Å². The lowest BCUT2D eigenvalue weighted by molar-refractivity contribution is -0.130. The van der Waals surface area contributed by atoms with E-state index in [-0.39, 0.29) is 29.5 Å². The largest absolute Gasteiger partial charge is 0.491 e. The van der Waals surface area contributed by atoms with Crippen LogP contribution in [0.5, 0.6) is 5.75 Å². The van der Waals surface area contributed by atoms with Gasteiger partial charge in [-0.25, -0.2) is 4.79 Å². The highest BCUT2D eigenvalue weighted by Crippen LogP contribution is 2.29. The number of carbonyl (C=O) groups excluding carboxylic acids is 1. The number of allylic oxidation sites excluding steroid dienone is 1. The number of aromatic nitrogens is 2. The fraction of sp³-hybridized carbons (Fsp3) is 0.214. The minimum absolute atomic E-state index is 0.000263. The number of carbonyl (C=O) groups is 2. The smallest absolute Gasteiger partial charge is 0.336 e. The minimum atomic E-state index is -1.18. The lowest BCUT2D eigenvalue weighted by Crippen LogP contribution is -2.15. The van der Waals surface area contributed by atoms with Crippen LogP contribution in [0.4, 0.5) is 5.69 Å². The van der Waals surface area contributed by atoms with Crippen LogP contribution in [0.2, 0.25) is 0 Å². The minimum Gasteiger partial charge on any atom is -0.491 e. The highest BCUT2D eigenvalue weighted by atomic mass is 32.1. The standard InChI is InChI=1S/C28H27N3O4S/c1-17(2)35-22-11-8-19(9-12-22)27(32)23(15-18-6-5-7-21(14-18)31(3)4)26(28(33)34)20-10-13-24-25(16-20)30-36-29-24/h5-14,16-17H,15H2,1-4H3,(H,33,34)/b26-23+. The number of ether oxygens (including phenoxy) is 1. The Labute approximate surface area is 214 Å². The summed E-state index contributed by atoms with van der Waals surface area (Å²) in [5.74, 6) is -0.884. The molecule has 0 amide bonds. The van der Waals surface area contributed by atoms with E-state index in [0.717, 1.165) is 23.0 Å². The zero-order valence-corrected chi connectivity index (χ0v) is 21.4. The van der Waals surface area contributed by atoms with Crippen LogP contribution in [0, 0.1) is 0 Å². The van der Waals surface area contributed by atoms with Crippen LogP contribution in [0.15, 0.2) is 72.3 Å². The van der Waals surface area contributed by atoms with E-state index in [2.05, 4.69) is 8.75 Å². The predicted octanol–water partition coefficient (Wildman–Crippen LogP) is 5.51. The van der Waals surface area contributed by atoms with Gasteiger partial charge >= 0.3 is 5.97 Å². The number of rotatable bonds is 9. The molecule has 8 heteroatoms. The molecule has 0 atom stereocenters. The first-order valence-corrected chi connectivity index (χ1v) is 12.2. The third-order valence-corrected chi connectivity index (χ3v) is 6.19. The molecule has 0 unspecified atom stereocenters. The van der Waals surface area contributed by atoms with Gasteiger partial charge in [0.05, 0.1) is 23.4 Å². The zero-order valence-electron chi connectivity index (χ0n) is 20.6. The van der Waals surface area contributed by atoms with Crippen LogP contribution in [0.1, 0.15) is 35.3 Å². The molecule has 4 rings (SSSR count). The van der Waals surface area contributed by atoms with Gasteiger partial charge in [0.15, 0.2) is 5.78 Å². The summed E-state index contributed by atoms with van der Waals surface area (Å²) in [5, 5.41) is 10.3. The van der Waals surface area contributed by atoms with E-state index in [9.17, 15) is 14.7 Å². The molecule has 184 valence electrons. The van der Waals surface area contributed by atoms with Gasteiger partial charge in [-0.05, 0) is 73.5 Å². The monoisotopic (exact) mass is 501 g/mol. The number of carboxylic acids is 1. The van der Waals surface area contributed by atoms with E-state index in [1.54, 1.807) is 42.5 Å². The van der Waals surface area contributed by atoms with Crippen LogP contribution in [0.25, 0.3) is 16.6 Å². The van der Waals surface area contributed by atoms with E-state index < -0.39 is 5.97 Å². The summed E-state index contributed by atoms with van der Waals surface area (Å²) >= 11 is 1.06. The molecule has 0 spiro atoms. The fourth-order valence-electron chi connectivity index (χ4n) is 3.93. The average Bonchev–Trinajstić information content (AvgIpc) is 3.31. The summed E-state index contributed by atoms with van der Waals surface area (Å²) in [4.78, 5) is 28.4. The Morgan fingerprint density at radius 2 is 1.64 bits per heavy atom. The number of hydrogen-bond acceptors (Lipinski definition) is 7. The lowest BCUT2D eigenvalue weighted by atomic mass is 9.89. The third kappa shape index (κ3) is 5.60. The highest BCUT2D eigenvalue weighted by molar-refractivity contribution is 7.00. The number of benzene rings is 3. The van der Waals surface area contributed by atoms with Crippen molar-refractivity contribution in [1.82, 2.24) is 8.75 Å². The first-order valence-electron chi connectivity index (χ1n) is 11.5. The summed E-state index contributed by atoms with van der Waals surface area (Å²) in [6.45, 7) is 3.85. The van der Waals surface area contributed by atoms with Crippen molar-refractivity contribution >= 4 is 45.8 Å². The van der Waals surface area contributed by atoms with Crippen molar-refractivity contribution in [1.29, 1.82) is 0 Å². The van der Waals surface area contributed by atoms with Crippen molar-refractivity contribution in [2.45, 2.75) is 26.4 Å². The maximum Gasteiger partial charge on any atom is 0.336 e. The molecule has 0 saturated heterocycles. The molecule has 36 heavy (non-hydrogen) atoms. The molecule has 1 heterocycles. The number of fused-ring (bicyclic) bond motifs is 1. The summed E-state index contributed by atoms with van der Waals surface area (Å²) in [6.07, 6.45) is 0.152. The highest BCUT2D eigenvalue weighted by Gasteiger charge is 2.24. The van der Waals surface area contributed by atoms with Crippen molar-refractivity contribution < 1.29 is 19.4 Å². The van der Waals surface area contributed by atoms with E-state index in [4.69, 9.17) is 4.74 Å². The third-order valence-electron chi connectivity index (χ3n) is 5.63. The summed E-state index contributed by atoms with van der Waals surface area (Å²) in [6, 6.07) is 19.6. The van der Waals surface area contributed by atoms with Gasteiger partial charge in [0.1, 0.15) is 16.8 Å². The normalized spacial score (nSPS) is 11.9. The summed E-state index contributed by atoms with van der Waals surface area (Å²) in [7, 11) is 3.86. The van der Waals surface area contributed by atoms with Gasteiger partial charge in [-0.15, -0.1) is 0 Å². The van der Waals surface area contributed by atoms with E-state index in [1.807, 2.05) is 57.1 Å². The molecule has 0 radical (unpaired) electrons. The molecule has 7 nitrogen and oxygen atoms in total. The van der Waals surface area contributed by atoms with Crippen LogP contribution in [-0.4, -0.2) is 45.8 Å². The Morgan fingerprint density at radius 1 is 0.944 bits per heavy atom. The number of nitrogens with zero attached hydrogens (tertiary/aromatic N) is 3. The summed E-state index contributed by atoms with van der Waals surface area (Å²) < 4.78 is 14.1. The second kappa shape index (κ2) is 10.7. The summed E-state index contributed by atoms with van der Waals surface area (Å²) in [5.41, 5.74) is 4.01. The molecule has 3 aromatic carbocycles. The first-order chi connectivity index (χ1) is 17.2. The molecule has 0 saturated carbocycles. The number of anilines is 1. The number of hydrogen-bond donors (Lipinski definition) is 1. The van der Waals surface area contributed by atoms with Crippen LogP contribution in [-0.2, 0) is 11.2 Å². The van der Waals surface area contributed by atoms with Gasteiger partial charge in [-0.1, -0.05) is 18.2 Å². The molecule has 4 aromatic rings. The molecule has 1 N–H and O–H groups in total. The molecule has 0 aliphatic carbocycles. The first kappa shape index (κ1) is 25.1. The van der Waals surface area contributed by atoms with Crippen LogP contribution >= 0.6 is 11.7 Å². The van der Waals surface area contributed by atoms with Crippen molar-refractivity contribution in [3.05, 3.63) is 89.0 Å². The van der Waals surface area contributed by atoms with Crippen molar-refractivity contribution in [2.75, 3.05) is 19.0 Å². The predicted molar refractivity (Wildman–Crippen MR) is 143 cm³/mol. The molecular weight excluding hydrogens is 474 g/mol. The van der Waals surface area contributed by atoms with E-state index in [1.165, 1.54) is 0 Å². The molecular formula is C28H27N3O4S. The lowest BCUT2D eigenvalue weighted by Gasteiger charge is -2.16. The Morgan fingerprint density at radius 3 is 2.31 bits per heavy atom. The molecule has 1 aromatic heterocycles. The van der Waals surface area contributed by atoms with Gasteiger partial charge in [-0.2, -0.15) is 8.75 Å². The van der Waals surface area contributed by atoms with Crippen LogP contribution < -0.4 is 9.64 Å². The zero-order chi connectivity index (χ0) is 25.8. The van der Waals surface area contributed by atoms with Crippen molar-refractivity contribution in [2.24, 2.45) is 0 Å². The van der Waals surface area contributed by atoms with Crippen LogP contribution in [0.3, 0.4) is 0 Å². The molecule has 0 bridgehead atoms. The topological polar surface area (TPSA) is 92.6 Å². The van der Waals surface area contributed by atoms with Gasteiger partial charge in [0.25, 0.3) is 0 Å². The Kier molecular flexibility index (Phi) is 7.45. The number of aliphatic carboxylic acids is 1. The van der Waals surface area contributed by atoms with Gasteiger partial charge in [-0.3, -0.25) is 4.79 Å². The number of ketones is 1. The van der Waals surface area contributed by atoms with Gasteiger partial charge in [0.2, 0.25) is 0 Å². The number of carboxylic acid groups (broad SMARTS) is 1.